The lowest BCUT2D eigenvalue weighted by Crippen LogP contribution is -2.29. The van der Waals surface area contributed by atoms with Crippen LogP contribution in [0.1, 0.15) is 18.4 Å². The van der Waals surface area contributed by atoms with Crippen molar-refractivity contribution in [2.75, 3.05) is 13.2 Å². The van der Waals surface area contributed by atoms with E-state index in [9.17, 15) is 14.0 Å². The molecule has 1 aromatic rings. The number of aryl methyl sites for hydroxylation is 1. The molecule has 18 heavy (non-hydrogen) atoms. The number of aromatic nitrogens is 2. The monoisotopic (exact) mass is 255 g/mol. The molecule has 0 aromatic carbocycles. The summed E-state index contributed by atoms with van der Waals surface area (Å²) in [7, 11) is 1.46. The van der Waals surface area contributed by atoms with Crippen molar-refractivity contribution in [1.82, 2.24) is 15.1 Å². The lowest BCUT2D eigenvalue weighted by Gasteiger charge is -2.13. The SMILES string of the molecule is CCOC(=O)C1C(=O)NCC1c1cnn(C)c1F. The Kier molecular flexibility index (Phi) is 3.31. The van der Waals surface area contributed by atoms with Crippen LogP contribution in [-0.4, -0.2) is 34.8 Å². The van der Waals surface area contributed by atoms with Gasteiger partial charge in [-0.3, -0.25) is 9.59 Å². The Bertz CT molecular complexity index is 486. The molecule has 1 aliphatic rings. The number of esters is 1. The molecule has 1 saturated heterocycles. The first-order chi connectivity index (χ1) is 8.56. The van der Waals surface area contributed by atoms with Gasteiger partial charge in [-0.2, -0.15) is 9.49 Å². The number of ether oxygens (including phenoxy) is 1. The van der Waals surface area contributed by atoms with Crippen LogP contribution in [0.4, 0.5) is 4.39 Å². The summed E-state index contributed by atoms with van der Waals surface area (Å²) in [6, 6.07) is 0. The van der Waals surface area contributed by atoms with Gasteiger partial charge in [0.05, 0.1) is 12.8 Å². The van der Waals surface area contributed by atoms with E-state index in [1.165, 1.54) is 13.2 Å². The Labute approximate surface area is 103 Å². The van der Waals surface area contributed by atoms with Crippen LogP contribution < -0.4 is 5.32 Å². The predicted molar refractivity (Wildman–Crippen MR) is 59.0 cm³/mol. The lowest BCUT2D eigenvalue weighted by atomic mass is 9.90. The third-order valence-electron chi connectivity index (χ3n) is 3.01. The fourth-order valence-corrected chi connectivity index (χ4v) is 2.10. The van der Waals surface area contributed by atoms with E-state index in [-0.39, 0.29) is 18.7 Å². The topological polar surface area (TPSA) is 73.2 Å². The summed E-state index contributed by atoms with van der Waals surface area (Å²) in [5.41, 5.74) is 0.258. The molecule has 2 heterocycles. The number of amides is 1. The first kappa shape index (κ1) is 12.5. The summed E-state index contributed by atoms with van der Waals surface area (Å²) in [5.74, 6) is -3.15. The average Bonchev–Trinajstić information content (AvgIpc) is 2.85. The molecular formula is C11H14FN3O3. The highest BCUT2D eigenvalue weighted by atomic mass is 19.1. The van der Waals surface area contributed by atoms with Crippen molar-refractivity contribution in [3.8, 4) is 0 Å². The quantitative estimate of drug-likeness (QED) is 0.607. The molecule has 1 N–H and O–H groups in total. The zero-order chi connectivity index (χ0) is 13.3. The summed E-state index contributed by atoms with van der Waals surface area (Å²) in [6.45, 7) is 2.06. The maximum atomic E-state index is 13.8. The number of carbonyl (C=O) groups excluding carboxylic acids is 2. The molecule has 1 fully saturated rings. The maximum absolute atomic E-state index is 13.8. The van der Waals surface area contributed by atoms with Crippen molar-refractivity contribution < 1.29 is 18.7 Å². The second kappa shape index (κ2) is 4.75. The molecule has 0 bridgehead atoms. The maximum Gasteiger partial charge on any atom is 0.319 e. The zero-order valence-electron chi connectivity index (χ0n) is 10.1. The molecule has 2 atom stereocenters. The fraction of sp³-hybridized carbons (Fsp3) is 0.545. The van der Waals surface area contributed by atoms with Gasteiger partial charge >= 0.3 is 5.97 Å². The second-order valence-electron chi connectivity index (χ2n) is 4.10. The highest BCUT2D eigenvalue weighted by Crippen LogP contribution is 2.31. The van der Waals surface area contributed by atoms with E-state index in [0.29, 0.717) is 0 Å². The third kappa shape index (κ3) is 1.96. The smallest absolute Gasteiger partial charge is 0.319 e. The number of hydrogen-bond acceptors (Lipinski definition) is 4. The Balaban J connectivity index is 2.29. The van der Waals surface area contributed by atoms with Crippen molar-refractivity contribution >= 4 is 11.9 Å². The van der Waals surface area contributed by atoms with Crippen LogP contribution in [0.15, 0.2) is 6.20 Å². The van der Waals surface area contributed by atoms with Crippen LogP contribution in [0.3, 0.4) is 0 Å². The van der Waals surface area contributed by atoms with Crippen molar-refractivity contribution in [3.63, 3.8) is 0 Å². The number of halogens is 1. The first-order valence-corrected chi connectivity index (χ1v) is 5.68. The molecule has 1 aromatic heterocycles. The molecule has 0 radical (unpaired) electrons. The van der Waals surface area contributed by atoms with Crippen LogP contribution in [0.5, 0.6) is 0 Å². The molecule has 2 rings (SSSR count). The summed E-state index contributed by atoms with van der Waals surface area (Å²) in [6.07, 6.45) is 1.34. The summed E-state index contributed by atoms with van der Waals surface area (Å²) in [4.78, 5) is 23.4. The molecule has 0 saturated carbocycles. The van der Waals surface area contributed by atoms with E-state index in [4.69, 9.17) is 4.74 Å². The summed E-state index contributed by atoms with van der Waals surface area (Å²) in [5, 5.41) is 6.33. The van der Waals surface area contributed by atoms with Gasteiger partial charge < -0.3 is 10.1 Å². The molecule has 6 nitrogen and oxygen atoms in total. The standard InChI is InChI=1S/C11H14FN3O3/c1-3-18-11(17)8-6(4-13-10(8)16)7-5-14-15(2)9(7)12/h5-6,8H,3-4H2,1-2H3,(H,13,16). The van der Waals surface area contributed by atoms with E-state index in [2.05, 4.69) is 10.4 Å². The van der Waals surface area contributed by atoms with Crippen molar-refractivity contribution in [1.29, 1.82) is 0 Å². The third-order valence-corrected chi connectivity index (χ3v) is 3.01. The van der Waals surface area contributed by atoms with Crippen molar-refractivity contribution in [2.24, 2.45) is 13.0 Å². The highest BCUT2D eigenvalue weighted by molar-refractivity contribution is 6.00. The molecule has 1 aliphatic heterocycles. The molecule has 1 amide bonds. The van der Waals surface area contributed by atoms with E-state index in [1.54, 1.807) is 6.92 Å². The van der Waals surface area contributed by atoms with Crippen molar-refractivity contribution in [2.45, 2.75) is 12.8 Å². The van der Waals surface area contributed by atoms with Gasteiger partial charge in [-0.25, -0.2) is 4.68 Å². The molecule has 0 aliphatic carbocycles. The van der Waals surface area contributed by atoms with Crippen molar-refractivity contribution in [3.05, 3.63) is 17.7 Å². The molecule has 2 unspecified atom stereocenters. The largest absolute Gasteiger partial charge is 0.465 e. The van der Waals surface area contributed by atoms with E-state index < -0.39 is 29.7 Å². The molecule has 0 spiro atoms. The highest BCUT2D eigenvalue weighted by Gasteiger charge is 2.43. The van der Waals surface area contributed by atoms with Crippen LogP contribution in [-0.2, 0) is 21.4 Å². The number of rotatable bonds is 3. The summed E-state index contributed by atoms with van der Waals surface area (Å²) >= 11 is 0. The number of nitrogens with zero attached hydrogens (tertiary/aromatic N) is 2. The van der Waals surface area contributed by atoms with E-state index in [0.717, 1.165) is 4.68 Å². The van der Waals surface area contributed by atoms with Gasteiger partial charge in [-0.05, 0) is 6.92 Å². The van der Waals surface area contributed by atoms with Crippen LogP contribution in [0.25, 0.3) is 0 Å². The summed E-state index contributed by atoms with van der Waals surface area (Å²) < 4.78 is 19.7. The minimum atomic E-state index is -0.997. The predicted octanol–water partition coefficient (Wildman–Crippen LogP) is -0.0481. The zero-order valence-corrected chi connectivity index (χ0v) is 10.1. The number of nitrogens with one attached hydrogen (secondary N) is 1. The Morgan fingerprint density at radius 3 is 3.00 bits per heavy atom. The molecule has 7 heteroatoms. The molecule has 98 valence electrons. The van der Waals surface area contributed by atoms with Crippen LogP contribution in [0, 0.1) is 11.9 Å². The van der Waals surface area contributed by atoms with Crippen LogP contribution >= 0.6 is 0 Å². The minimum absolute atomic E-state index is 0.185. The van der Waals surface area contributed by atoms with Gasteiger partial charge in [0.1, 0.15) is 5.92 Å². The minimum Gasteiger partial charge on any atom is -0.465 e. The van der Waals surface area contributed by atoms with E-state index in [1.807, 2.05) is 0 Å². The van der Waals surface area contributed by atoms with Gasteiger partial charge in [-0.1, -0.05) is 0 Å². The lowest BCUT2D eigenvalue weighted by molar-refractivity contribution is -0.151. The molecular weight excluding hydrogens is 241 g/mol. The van der Waals surface area contributed by atoms with Crippen LogP contribution in [0.2, 0.25) is 0 Å². The van der Waals surface area contributed by atoms with Gasteiger partial charge in [0.15, 0.2) is 0 Å². The van der Waals surface area contributed by atoms with E-state index >= 15 is 0 Å². The number of carbonyl (C=O) groups is 2. The van der Waals surface area contributed by atoms with Gasteiger partial charge in [0, 0.05) is 25.1 Å². The fourth-order valence-electron chi connectivity index (χ4n) is 2.10. The normalized spacial score (nSPS) is 22.9. The van der Waals surface area contributed by atoms with Gasteiger partial charge in [0.25, 0.3) is 0 Å². The number of hydrogen-bond donors (Lipinski definition) is 1. The Hall–Kier alpha value is -1.92. The second-order valence-corrected chi connectivity index (χ2v) is 4.10. The Morgan fingerprint density at radius 2 is 2.44 bits per heavy atom. The Morgan fingerprint density at radius 1 is 1.72 bits per heavy atom. The van der Waals surface area contributed by atoms with Gasteiger partial charge in [0.2, 0.25) is 11.9 Å². The van der Waals surface area contributed by atoms with Gasteiger partial charge in [-0.15, -0.1) is 0 Å². The first-order valence-electron chi connectivity index (χ1n) is 5.68. The average molecular weight is 255 g/mol.